The zero-order chi connectivity index (χ0) is 43.0. The van der Waals surface area contributed by atoms with Crippen molar-refractivity contribution in [1.82, 2.24) is 0 Å². The Bertz CT molecular complexity index is 2900. The number of fused-ring (bicyclic) bond motifs is 5. The maximum absolute atomic E-state index is 3.16. The Morgan fingerprint density at radius 3 is 1.38 bits per heavy atom. The zero-order valence-corrected chi connectivity index (χ0v) is 41.0. The van der Waals surface area contributed by atoms with Crippen LogP contribution in [0.3, 0.4) is 0 Å². The molecule has 1 aliphatic heterocycles. The monoisotopic (exact) mass is 917 g/mol. The second-order valence-electron chi connectivity index (χ2n) is 18.1. The first-order chi connectivity index (χ1) is 31.7. The molecule has 2 heteroatoms. The molecular formula is C62H55SiZr. The molecule has 0 saturated carbocycles. The van der Waals surface area contributed by atoms with Gasteiger partial charge in [-0.05, 0) is 0 Å². The van der Waals surface area contributed by atoms with E-state index in [0.29, 0.717) is 7.25 Å². The third kappa shape index (κ3) is 7.34. The molecule has 311 valence electrons. The number of aryl methyl sites for hydroxylation is 2. The van der Waals surface area contributed by atoms with E-state index >= 15 is 0 Å². The number of hydrogen-bond acceptors (Lipinski definition) is 0. The van der Waals surface area contributed by atoms with E-state index < -0.39 is 31.3 Å². The summed E-state index contributed by atoms with van der Waals surface area (Å²) in [5.74, 6) is 0. The molecule has 2 aliphatic carbocycles. The fourth-order valence-electron chi connectivity index (χ4n) is 11.3. The summed E-state index contributed by atoms with van der Waals surface area (Å²) in [6.07, 6.45) is 12.3. The van der Waals surface area contributed by atoms with Crippen LogP contribution in [-0.2, 0) is 34.6 Å². The molecule has 0 fully saturated rings. The van der Waals surface area contributed by atoms with Gasteiger partial charge >= 0.3 is 394 Å². The van der Waals surface area contributed by atoms with Gasteiger partial charge in [-0.1, -0.05) is 0 Å². The van der Waals surface area contributed by atoms with Crippen LogP contribution in [0, 0.1) is 0 Å². The first kappa shape index (κ1) is 41.1. The Balaban J connectivity index is 1.20. The number of unbranched alkanes of at least 4 members (excludes halogenated alkanes) is 2. The molecular weight excluding hydrogens is 864 g/mol. The van der Waals surface area contributed by atoms with Crippen LogP contribution >= 0.6 is 0 Å². The molecule has 11 rings (SSSR count). The predicted octanol–water partition coefficient (Wildman–Crippen LogP) is 13.6. The van der Waals surface area contributed by atoms with Crippen molar-refractivity contribution in [2.24, 2.45) is 0 Å². The van der Waals surface area contributed by atoms with E-state index in [1.165, 1.54) is 115 Å². The molecule has 0 aromatic heterocycles. The molecule has 0 saturated heterocycles. The fourth-order valence-corrected chi connectivity index (χ4v) is 25.2. The van der Waals surface area contributed by atoms with Crippen molar-refractivity contribution in [2.75, 3.05) is 0 Å². The van der Waals surface area contributed by atoms with Gasteiger partial charge in [0.05, 0.1) is 0 Å². The van der Waals surface area contributed by atoms with Gasteiger partial charge < -0.3 is 0 Å². The molecule has 3 aliphatic rings. The Labute approximate surface area is 391 Å². The standard InChI is InChI=1S/2C25H23.C12H9Si.Zr/c2*1-2-3-10-20-13-7-8-15-23(20)24-16-9-14-21-17-22(18-25(21)24)19-11-5-4-6-12-19;1-3-7-11-9(5-1)10-6-2-4-8-12(10)13-11;/h2*4-9,11-18H,2-3,10H2,1H3;1-7H,13H2;. The molecule has 0 amide bonds. The van der Waals surface area contributed by atoms with E-state index in [2.05, 4.69) is 214 Å². The van der Waals surface area contributed by atoms with Gasteiger partial charge in [0.2, 0.25) is 0 Å². The third-order valence-electron chi connectivity index (χ3n) is 14.3. The van der Waals surface area contributed by atoms with Gasteiger partial charge in [0.15, 0.2) is 0 Å². The molecule has 8 aromatic carbocycles. The van der Waals surface area contributed by atoms with Crippen LogP contribution in [0.1, 0.15) is 91.3 Å². The van der Waals surface area contributed by atoms with Crippen molar-refractivity contribution in [2.45, 2.75) is 59.6 Å². The van der Waals surface area contributed by atoms with Crippen molar-refractivity contribution in [1.29, 1.82) is 0 Å². The fraction of sp³-hybridized carbons (Fsp3) is 0.161. The second kappa shape index (κ2) is 18.1. The maximum atomic E-state index is 2.65. The summed E-state index contributed by atoms with van der Waals surface area (Å²) in [6.45, 7) is 4.62. The van der Waals surface area contributed by atoms with Gasteiger partial charge in [-0.15, -0.1) is 0 Å². The molecule has 8 aromatic rings. The summed E-state index contributed by atoms with van der Waals surface area (Å²) in [5.41, 5.74) is 23.2. The van der Waals surface area contributed by atoms with Crippen molar-refractivity contribution >= 4 is 46.5 Å². The molecule has 2 atom stereocenters. The Morgan fingerprint density at radius 2 is 0.844 bits per heavy atom. The number of rotatable bonds is 13. The Hall–Kier alpha value is -5.66. The van der Waals surface area contributed by atoms with E-state index in [4.69, 9.17) is 0 Å². The van der Waals surface area contributed by atoms with E-state index in [9.17, 15) is 0 Å². The molecule has 2 unspecified atom stereocenters. The van der Waals surface area contributed by atoms with Crippen LogP contribution in [0.5, 0.6) is 0 Å². The average Bonchev–Trinajstić information content (AvgIpc) is 4.06. The van der Waals surface area contributed by atoms with Crippen LogP contribution < -0.4 is 13.6 Å². The van der Waals surface area contributed by atoms with Crippen molar-refractivity contribution in [3.05, 3.63) is 233 Å². The summed E-state index contributed by atoms with van der Waals surface area (Å²) in [4.78, 5) is 0. The molecule has 64 heavy (non-hydrogen) atoms. The average molecular weight is 919 g/mol. The molecule has 1 heterocycles. The summed E-state index contributed by atoms with van der Waals surface area (Å²) < 4.78 is 2.33. The van der Waals surface area contributed by atoms with E-state index in [1.807, 2.05) is 0 Å². The number of allylic oxidation sites excluding steroid dienone is 2. The van der Waals surface area contributed by atoms with Gasteiger partial charge in [0.25, 0.3) is 0 Å². The zero-order valence-electron chi connectivity index (χ0n) is 37.2. The molecule has 0 spiro atoms. The van der Waals surface area contributed by atoms with Gasteiger partial charge in [-0.2, -0.15) is 0 Å². The summed E-state index contributed by atoms with van der Waals surface area (Å²) in [6, 6.07) is 73.0. The normalized spacial score (nSPS) is 15.9. The van der Waals surface area contributed by atoms with Crippen LogP contribution in [0.25, 0.3) is 56.7 Å². The Kier molecular flexibility index (Phi) is 11.6. The second-order valence-corrected chi connectivity index (χ2v) is 26.3. The van der Waals surface area contributed by atoms with Crippen molar-refractivity contribution < 1.29 is 21.8 Å². The van der Waals surface area contributed by atoms with Crippen molar-refractivity contribution in [3.8, 4) is 33.4 Å². The first-order valence-electron chi connectivity index (χ1n) is 23.8. The first-order valence-corrected chi connectivity index (χ1v) is 29.2. The topological polar surface area (TPSA) is 0 Å². The van der Waals surface area contributed by atoms with Crippen LogP contribution in [0.2, 0.25) is 0 Å². The summed E-state index contributed by atoms with van der Waals surface area (Å²) >= 11 is -3.16. The van der Waals surface area contributed by atoms with E-state index in [0.717, 1.165) is 12.8 Å². The van der Waals surface area contributed by atoms with Gasteiger partial charge in [0.1, 0.15) is 0 Å². The molecule has 0 nitrogen and oxygen atoms in total. The van der Waals surface area contributed by atoms with Crippen LogP contribution in [0.15, 0.2) is 188 Å². The number of hydrogen-bond donors (Lipinski definition) is 0. The van der Waals surface area contributed by atoms with Crippen LogP contribution in [-0.4, -0.2) is 9.52 Å². The minimum atomic E-state index is -3.16. The molecule has 0 radical (unpaired) electrons. The third-order valence-corrected chi connectivity index (χ3v) is 26.1. The van der Waals surface area contributed by atoms with Crippen LogP contribution in [0.4, 0.5) is 0 Å². The SMILES string of the molecule is CCCCc1ccccc1-c1cccc2c1C=C(c1ccccc1)[CH]2[Zr]([c]1cccc2c1[SiH2]c1ccccc1-2)[CH]1C(c2ccccc2)=Cc2c(-c3ccccc3CCCC)cccc21. The quantitative estimate of drug-likeness (QED) is 0.101. The minimum absolute atomic E-state index is 0.301. The van der Waals surface area contributed by atoms with E-state index in [1.54, 1.807) is 13.6 Å². The predicted molar refractivity (Wildman–Crippen MR) is 274 cm³/mol. The Morgan fingerprint density at radius 1 is 0.406 bits per heavy atom. The molecule has 0 N–H and O–H groups in total. The van der Waals surface area contributed by atoms with Gasteiger partial charge in [0, 0.05) is 0 Å². The summed E-state index contributed by atoms with van der Waals surface area (Å²) in [7, 11) is -0.713. The van der Waals surface area contributed by atoms with Gasteiger partial charge in [-0.3, -0.25) is 0 Å². The molecule has 0 bridgehead atoms. The number of benzene rings is 8. The van der Waals surface area contributed by atoms with Crippen molar-refractivity contribution in [3.63, 3.8) is 0 Å². The van der Waals surface area contributed by atoms with E-state index in [-0.39, 0.29) is 0 Å². The van der Waals surface area contributed by atoms with Gasteiger partial charge in [-0.25, -0.2) is 0 Å². The summed E-state index contributed by atoms with van der Waals surface area (Å²) in [5, 5.41) is 3.31.